The van der Waals surface area contributed by atoms with Gasteiger partial charge >= 0.3 is 5.97 Å². The van der Waals surface area contributed by atoms with Gasteiger partial charge in [-0.05, 0) is 50.9 Å². The molecule has 1 saturated heterocycles. The minimum Gasteiger partial charge on any atom is -0.497 e. The molecule has 1 aliphatic rings. The first-order chi connectivity index (χ1) is 17.5. The van der Waals surface area contributed by atoms with Crippen LogP contribution in [0.4, 0.5) is 0 Å². The minimum absolute atomic E-state index is 0.0312. The quantitative estimate of drug-likeness (QED) is 0.138. The van der Waals surface area contributed by atoms with E-state index in [1.807, 2.05) is 0 Å². The van der Waals surface area contributed by atoms with Crippen molar-refractivity contribution in [1.29, 1.82) is 0 Å². The highest BCUT2D eigenvalue weighted by atomic mass is 16.7. The topological polar surface area (TPSA) is 210 Å². The number of Topliss-reactive ketones (excluding diaryl/α,β-unsaturated/α-hetero) is 1. The fourth-order valence-corrected chi connectivity index (χ4v) is 4.36. The van der Waals surface area contributed by atoms with Crippen LogP contribution in [0, 0.1) is 0 Å². The molecule has 0 aliphatic carbocycles. The number of carboxylic acids is 1. The van der Waals surface area contributed by atoms with Crippen LogP contribution in [0.25, 0.3) is 10.4 Å². The Morgan fingerprint density at radius 1 is 1.18 bits per heavy atom. The summed E-state index contributed by atoms with van der Waals surface area (Å²) < 4.78 is 22.5. The Hall–Kier alpha value is -3.26. The number of aliphatic carboxylic acids is 1. The van der Waals surface area contributed by atoms with Crippen molar-refractivity contribution in [2.45, 2.75) is 82.5 Å². The highest BCUT2D eigenvalue weighted by Crippen LogP contribution is 2.48. The lowest BCUT2D eigenvalue weighted by molar-refractivity contribution is -0.411. The molecule has 14 nitrogen and oxygen atoms in total. The van der Waals surface area contributed by atoms with Crippen molar-refractivity contribution in [3.8, 4) is 5.75 Å². The van der Waals surface area contributed by atoms with Crippen molar-refractivity contribution in [1.82, 2.24) is 5.32 Å². The van der Waals surface area contributed by atoms with Gasteiger partial charge in [-0.3, -0.25) is 14.4 Å². The number of methoxy groups -OCH3 is 1. The predicted molar refractivity (Wildman–Crippen MR) is 131 cm³/mol. The highest BCUT2D eigenvalue weighted by Gasteiger charge is 2.74. The number of carbonyl (C=O) groups is 3. The molecule has 0 radical (unpaired) electrons. The molecule has 0 saturated carbocycles. The van der Waals surface area contributed by atoms with Gasteiger partial charge < -0.3 is 39.6 Å². The first kappa shape index (κ1) is 31.0. The van der Waals surface area contributed by atoms with Crippen LogP contribution in [-0.4, -0.2) is 81.6 Å². The second kappa shape index (κ2) is 11.6. The van der Waals surface area contributed by atoms with Crippen molar-refractivity contribution in [2.75, 3.05) is 13.7 Å². The van der Waals surface area contributed by atoms with Crippen molar-refractivity contribution in [3.63, 3.8) is 0 Å². The maximum Gasteiger partial charge on any atom is 0.306 e. The molecule has 1 aromatic carbocycles. The van der Waals surface area contributed by atoms with Crippen LogP contribution in [0.15, 0.2) is 29.4 Å². The maximum atomic E-state index is 13.1. The number of hydrogen-bond donors (Lipinski definition) is 4. The van der Waals surface area contributed by atoms with Gasteiger partial charge in [-0.2, -0.15) is 0 Å². The molecular weight excluding hydrogens is 504 g/mol. The first-order valence-electron chi connectivity index (χ1n) is 11.6. The second-order valence-corrected chi connectivity index (χ2v) is 9.94. The van der Waals surface area contributed by atoms with Crippen molar-refractivity contribution < 1.29 is 48.7 Å². The summed E-state index contributed by atoms with van der Waals surface area (Å²) in [7, 11) is 1.51. The number of aliphatic hydroxyl groups is 2. The van der Waals surface area contributed by atoms with Crippen LogP contribution in [-0.2, 0) is 35.2 Å². The summed E-state index contributed by atoms with van der Waals surface area (Å²) in [5.41, 5.74) is 3.16. The molecule has 5 atom stereocenters. The lowest BCUT2D eigenvalue weighted by atomic mass is 9.71. The number of benzene rings is 1. The number of azide groups is 1. The van der Waals surface area contributed by atoms with Crippen molar-refractivity contribution in [2.24, 2.45) is 5.11 Å². The van der Waals surface area contributed by atoms with E-state index in [0.717, 1.165) is 13.8 Å². The molecule has 1 aromatic rings. The third-order valence-corrected chi connectivity index (χ3v) is 5.86. The van der Waals surface area contributed by atoms with E-state index in [4.69, 9.17) is 18.9 Å². The fraction of sp³-hybridized carbons (Fsp3) is 0.625. The lowest BCUT2D eigenvalue weighted by Crippen LogP contribution is -2.84. The van der Waals surface area contributed by atoms with E-state index in [9.17, 15) is 35.2 Å². The Morgan fingerprint density at radius 2 is 1.79 bits per heavy atom. The Labute approximate surface area is 219 Å². The average molecular weight is 539 g/mol. The van der Waals surface area contributed by atoms with Crippen LogP contribution < -0.4 is 10.1 Å². The highest BCUT2D eigenvalue weighted by molar-refractivity contribution is 5.89. The van der Waals surface area contributed by atoms with Gasteiger partial charge in [-0.25, -0.2) is 0 Å². The molecule has 1 heterocycles. The zero-order valence-corrected chi connectivity index (χ0v) is 22.1. The number of ether oxygens (including phenoxy) is 4. The number of rotatable bonds is 11. The monoisotopic (exact) mass is 538 g/mol. The van der Waals surface area contributed by atoms with Crippen LogP contribution in [0.1, 0.15) is 46.6 Å². The number of ketones is 1. The molecule has 2 rings (SSSR count). The molecule has 38 heavy (non-hydrogen) atoms. The molecule has 1 aliphatic heterocycles. The van der Waals surface area contributed by atoms with Crippen LogP contribution in [0.3, 0.4) is 0 Å². The Balaban J connectivity index is 2.66. The third kappa shape index (κ3) is 6.41. The molecule has 210 valence electrons. The Morgan fingerprint density at radius 3 is 2.24 bits per heavy atom. The Kier molecular flexibility index (Phi) is 9.48. The molecule has 0 unspecified atom stereocenters. The lowest BCUT2D eigenvalue weighted by Gasteiger charge is -2.59. The summed E-state index contributed by atoms with van der Waals surface area (Å²) in [5.74, 6) is -5.79. The normalized spacial score (nSPS) is 29.2. The van der Waals surface area contributed by atoms with E-state index in [0.29, 0.717) is 11.3 Å². The largest absolute Gasteiger partial charge is 0.497 e. The molecule has 0 aromatic heterocycles. The number of carbonyl (C=O) groups excluding carboxylic acids is 2. The van der Waals surface area contributed by atoms with Gasteiger partial charge in [-0.1, -0.05) is 17.2 Å². The Bertz CT molecular complexity index is 1080. The molecule has 4 N–H and O–H groups in total. The zero-order valence-electron chi connectivity index (χ0n) is 22.1. The van der Waals surface area contributed by atoms with Gasteiger partial charge in [0.1, 0.15) is 17.9 Å². The number of hydrogen-bond acceptors (Lipinski definition) is 10. The van der Waals surface area contributed by atoms with E-state index in [1.54, 1.807) is 24.3 Å². The summed E-state index contributed by atoms with van der Waals surface area (Å²) in [6.45, 7) is 5.94. The number of carboxylic acid groups (broad SMARTS) is 1. The van der Waals surface area contributed by atoms with Gasteiger partial charge in [0, 0.05) is 11.8 Å². The average Bonchev–Trinajstić information content (AvgIpc) is 2.79. The van der Waals surface area contributed by atoms with E-state index in [2.05, 4.69) is 15.3 Å². The minimum atomic E-state index is -3.05. The molecule has 14 heteroatoms. The third-order valence-electron chi connectivity index (χ3n) is 5.86. The maximum absolute atomic E-state index is 13.1. The second-order valence-electron chi connectivity index (χ2n) is 9.94. The van der Waals surface area contributed by atoms with Crippen molar-refractivity contribution >= 4 is 17.7 Å². The molecule has 0 bridgehead atoms. The smallest absolute Gasteiger partial charge is 0.306 e. The van der Waals surface area contributed by atoms with E-state index in [1.165, 1.54) is 27.9 Å². The summed E-state index contributed by atoms with van der Waals surface area (Å²) in [5, 5.41) is 39.1. The predicted octanol–water partition coefficient (Wildman–Crippen LogP) is 1.42. The summed E-state index contributed by atoms with van der Waals surface area (Å²) in [6.07, 6.45) is -2.86. The van der Waals surface area contributed by atoms with Gasteiger partial charge in [-0.15, -0.1) is 0 Å². The first-order valence-corrected chi connectivity index (χ1v) is 11.6. The van der Waals surface area contributed by atoms with Gasteiger partial charge in [0.15, 0.2) is 11.5 Å². The molecular formula is C24H34N4O10. The van der Waals surface area contributed by atoms with Crippen LogP contribution in [0.2, 0.25) is 0 Å². The van der Waals surface area contributed by atoms with E-state index >= 15 is 0 Å². The summed E-state index contributed by atoms with van der Waals surface area (Å²) >= 11 is 0. The number of amides is 1. The number of nitrogens with zero attached hydrogens (tertiary/aromatic N) is 3. The standard InChI is InChI=1S/C24H34N4O10/c1-14(29)23(33)20(26-15(2)30)22(27-28-25,11-19(31)32)37-18(24(23,34)38-21(3,4)5)13-36-12-16-7-9-17(35-6)10-8-16/h7-10,18,20,33-34H,11-13H2,1-6H3,(H,26,30)(H,31,32)/t18-,20+,22-,23-,24+/m1/s1. The summed E-state index contributed by atoms with van der Waals surface area (Å²) in [4.78, 5) is 39.7. The summed E-state index contributed by atoms with van der Waals surface area (Å²) in [6, 6.07) is 4.75. The van der Waals surface area contributed by atoms with Gasteiger partial charge in [0.2, 0.25) is 17.3 Å². The molecule has 1 fully saturated rings. The van der Waals surface area contributed by atoms with Crippen molar-refractivity contribution in [3.05, 3.63) is 40.3 Å². The fourth-order valence-electron chi connectivity index (χ4n) is 4.36. The molecule has 1 amide bonds. The SMILES string of the molecule is COc1ccc(COC[C@H]2O[C@@](CC(=O)O)(N=[N+]=[N-])[C@H](NC(C)=O)[C@](O)(C(C)=O)[C@@]2(O)OC(C)(C)C)cc1. The van der Waals surface area contributed by atoms with E-state index < -0.39 is 65.5 Å². The number of nitrogens with one attached hydrogen (secondary N) is 1. The van der Waals surface area contributed by atoms with Gasteiger partial charge in [0.05, 0.1) is 32.3 Å². The zero-order chi connectivity index (χ0) is 28.9. The molecule has 0 spiro atoms. The van der Waals surface area contributed by atoms with Crippen LogP contribution in [0.5, 0.6) is 5.75 Å². The van der Waals surface area contributed by atoms with E-state index in [-0.39, 0.29) is 6.61 Å². The van der Waals surface area contributed by atoms with Crippen LogP contribution >= 0.6 is 0 Å². The van der Waals surface area contributed by atoms with Gasteiger partial charge in [0.25, 0.3) is 0 Å².